The second-order valence-corrected chi connectivity index (χ2v) is 4.17. The number of nitrogen functional groups attached to an aromatic ring is 1. The third-order valence-electron chi connectivity index (χ3n) is 2.13. The zero-order valence-corrected chi connectivity index (χ0v) is 10.4. The first-order valence-electron chi connectivity index (χ1n) is 5.47. The quantitative estimate of drug-likeness (QED) is 0.619. The van der Waals surface area contributed by atoms with Crippen LogP contribution in [0.3, 0.4) is 0 Å². The average molecular weight is 230 g/mol. The fourth-order valence-electron chi connectivity index (χ4n) is 1.26. The second kappa shape index (κ2) is 5.89. The van der Waals surface area contributed by atoms with Gasteiger partial charge in [-0.2, -0.15) is 0 Å². The topological polar surface area (TPSA) is 55.1 Å². The van der Waals surface area contributed by atoms with Crippen LogP contribution in [0.4, 0.5) is 5.69 Å². The van der Waals surface area contributed by atoms with Gasteiger partial charge in [0.1, 0.15) is 0 Å². The van der Waals surface area contributed by atoms with Gasteiger partial charge in [0, 0.05) is 16.9 Å². The lowest BCUT2D eigenvalue weighted by atomic mass is 10.2. The third kappa shape index (κ3) is 4.55. The van der Waals surface area contributed by atoms with Gasteiger partial charge >= 0.3 is 0 Å². The molecule has 17 heavy (non-hydrogen) atoms. The van der Waals surface area contributed by atoms with Crippen molar-refractivity contribution in [3.05, 3.63) is 53.3 Å². The first kappa shape index (κ1) is 13.0. The minimum Gasteiger partial charge on any atom is -0.399 e. The Hall–Kier alpha value is -2.03. The van der Waals surface area contributed by atoms with Gasteiger partial charge in [-0.3, -0.25) is 4.79 Å². The highest BCUT2D eigenvalue weighted by molar-refractivity contribution is 5.96. The molecule has 1 rings (SSSR count). The predicted molar refractivity (Wildman–Crippen MR) is 71.5 cm³/mol. The first-order chi connectivity index (χ1) is 7.99. The van der Waals surface area contributed by atoms with E-state index in [0.29, 0.717) is 11.3 Å². The van der Waals surface area contributed by atoms with Crippen LogP contribution in [0.1, 0.15) is 31.1 Å². The molecule has 3 nitrogen and oxygen atoms in total. The summed E-state index contributed by atoms with van der Waals surface area (Å²) in [6.45, 7) is 5.86. The van der Waals surface area contributed by atoms with E-state index in [1.807, 2.05) is 32.9 Å². The highest BCUT2D eigenvalue weighted by Crippen LogP contribution is 2.07. The molecule has 1 amide bonds. The molecular weight excluding hydrogens is 212 g/mol. The molecule has 0 fully saturated rings. The van der Waals surface area contributed by atoms with Crippen molar-refractivity contribution in [2.24, 2.45) is 0 Å². The van der Waals surface area contributed by atoms with Crippen LogP contribution in [0.25, 0.3) is 0 Å². The summed E-state index contributed by atoms with van der Waals surface area (Å²) in [5.74, 6) is -0.145. The lowest BCUT2D eigenvalue weighted by Crippen LogP contribution is -2.21. The minimum absolute atomic E-state index is 0.145. The molecule has 0 aliphatic rings. The largest absolute Gasteiger partial charge is 0.399 e. The molecule has 0 saturated heterocycles. The van der Waals surface area contributed by atoms with Crippen LogP contribution in [0.5, 0.6) is 0 Å². The number of amides is 1. The Bertz CT molecular complexity index is 469. The SMILES string of the molecule is CC(C)=C/C=C(\C)NC(=O)c1cccc(N)c1. The molecule has 0 unspecified atom stereocenters. The molecule has 0 aliphatic carbocycles. The van der Waals surface area contributed by atoms with Crippen LogP contribution in [0.2, 0.25) is 0 Å². The molecule has 0 bridgehead atoms. The van der Waals surface area contributed by atoms with Crippen molar-refractivity contribution in [2.75, 3.05) is 5.73 Å². The molecule has 0 saturated carbocycles. The highest BCUT2D eigenvalue weighted by Gasteiger charge is 2.04. The Morgan fingerprint density at radius 2 is 1.94 bits per heavy atom. The van der Waals surface area contributed by atoms with E-state index in [0.717, 1.165) is 5.70 Å². The van der Waals surface area contributed by atoms with Crippen LogP contribution in [0, 0.1) is 0 Å². The Balaban J connectivity index is 2.73. The number of anilines is 1. The molecule has 0 heterocycles. The Morgan fingerprint density at radius 3 is 2.53 bits per heavy atom. The van der Waals surface area contributed by atoms with E-state index >= 15 is 0 Å². The van der Waals surface area contributed by atoms with Gasteiger partial charge in [-0.25, -0.2) is 0 Å². The van der Waals surface area contributed by atoms with Crippen molar-refractivity contribution in [2.45, 2.75) is 20.8 Å². The lowest BCUT2D eigenvalue weighted by molar-refractivity contribution is 0.0966. The van der Waals surface area contributed by atoms with E-state index in [9.17, 15) is 4.79 Å². The maximum Gasteiger partial charge on any atom is 0.255 e. The van der Waals surface area contributed by atoms with Crippen molar-refractivity contribution in [3.8, 4) is 0 Å². The maximum absolute atomic E-state index is 11.8. The van der Waals surface area contributed by atoms with E-state index in [-0.39, 0.29) is 5.91 Å². The number of allylic oxidation sites excluding steroid dienone is 4. The molecule has 0 radical (unpaired) electrons. The van der Waals surface area contributed by atoms with Gasteiger partial charge in [0.05, 0.1) is 0 Å². The smallest absolute Gasteiger partial charge is 0.255 e. The van der Waals surface area contributed by atoms with E-state index in [1.54, 1.807) is 24.3 Å². The summed E-state index contributed by atoms with van der Waals surface area (Å²) in [5, 5.41) is 2.80. The van der Waals surface area contributed by atoms with Crippen LogP contribution in [0.15, 0.2) is 47.7 Å². The maximum atomic E-state index is 11.8. The summed E-state index contributed by atoms with van der Waals surface area (Å²) in [7, 11) is 0. The zero-order chi connectivity index (χ0) is 12.8. The van der Waals surface area contributed by atoms with Crippen LogP contribution >= 0.6 is 0 Å². The van der Waals surface area contributed by atoms with Crippen molar-refractivity contribution < 1.29 is 4.79 Å². The van der Waals surface area contributed by atoms with E-state index < -0.39 is 0 Å². The van der Waals surface area contributed by atoms with Crippen LogP contribution < -0.4 is 11.1 Å². The summed E-state index contributed by atoms with van der Waals surface area (Å²) >= 11 is 0. The van der Waals surface area contributed by atoms with Gasteiger partial charge in [-0.05, 0) is 45.0 Å². The van der Waals surface area contributed by atoms with Gasteiger partial charge in [0.2, 0.25) is 0 Å². The van der Waals surface area contributed by atoms with Crippen molar-refractivity contribution in [1.29, 1.82) is 0 Å². The summed E-state index contributed by atoms with van der Waals surface area (Å²) < 4.78 is 0. The van der Waals surface area contributed by atoms with Gasteiger partial charge in [0.15, 0.2) is 0 Å². The molecule has 0 aliphatic heterocycles. The predicted octanol–water partition coefficient (Wildman–Crippen LogP) is 2.87. The molecule has 3 heteroatoms. The molecule has 3 N–H and O–H groups in total. The third-order valence-corrected chi connectivity index (χ3v) is 2.13. The zero-order valence-electron chi connectivity index (χ0n) is 10.4. The fourth-order valence-corrected chi connectivity index (χ4v) is 1.26. The Kier molecular flexibility index (Phi) is 4.52. The van der Waals surface area contributed by atoms with Gasteiger partial charge < -0.3 is 11.1 Å². The standard InChI is InChI=1S/C14H18N2O/c1-10(2)7-8-11(3)16-14(17)12-5-4-6-13(15)9-12/h4-9H,15H2,1-3H3,(H,16,17)/b11-8+. The number of benzene rings is 1. The number of carbonyl (C=O) groups excluding carboxylic acids is 1. The molecule has 0 spiro atoms. The van der Waals surface area contributed by atoms with E-state index in [2.05, 4.69) is 5.32 Å². The molecule has 1 aromatic carbocycles. The van der Waals surface area contributed by atoms with Crippen molar-refractivity contribution in [1.82, 2.24) is 5.32 Å². The van der Waals surface area contributed by atoms with Crippen LogP contribution in [-0.4, -0.2) is 5.91 Å². The average Bonchev–Trinajstić information content (AvgIpc) is 2.26. The fraction of sp³-hybridized carbons (Fsp3) is 0.214. The molecular formula is C14H18N2O. The highest BCUT2D eigenvalue weighted by atomic mass is 16.1. The number of nitrogens with two attached hydrogens (primary N) is 1. The van der Waals surface area contributed by atoms with Crippen molar-refractivity contribution >= 4 is 11.6 Å². The number of hydrogen-bond donors (Lipinski definition) is 2. The first-order valence-corrected chi connectivity index (χ1v) is 5.47. The molecule has 1 aromatic rings. The number of carbonyl (C=O) groups is 1. The second-order valence-electron chi connectivity index (χ2n) is 4.17. The van der Waals surface area contributed by atoms with Gasteiger partial charge in [0.25, 0.3) is 5.91 Å². The monoisotopic (exact) mass is 230 g/mol. The summed E-state index contributed by atoms with van der Waals surface area (Å²) in [5.41, 5.74) is 8.76. The number of nitrogens with one attached hydrogen (secondary N) is 1. The molecule has 90 valence electrons. The lowest BCUT2D eigenvalue weighted by Gasteiger charge is -2.05. The summed E-state index contributed by atoms with van der Waals surface area (Å²) in [6.07, 6.45) is 3.83. The van der Waals surface area contributed by atoms with Gasteiger partial charge in [-0.1, -0.05) is 17.7 Å². The normalized spacial score (nSPS) is 10.9. The summed E-state index contributed by atoms with van der Waals surface area (Å²) in [6, 6.07) is 6.91. The van der Waals surface area contributed by atoms with Gasteiger partial charge in [-0.15, -0.1) is 0 Å². The minimum atomic E-state index is -0.145. The van der Waals surface area contributed by atoms with E-state index in [4.69, 9.17) is 5.73 Å². The Labute approximate surface area is 102 Å². The summed E-state index contributed by atoms with van der Waals surface area (Å²) in [4.78, 5) is 11.8. The molecule has 0 atom stereocenters. The molecule has 0 aromatic heterocycles. The Morgan fingerprint density at radius 1 is 1.24 bits per heavy atom. The number of hydrogen-bond acceptors (Lipinski definition) is 2. The van der Waals surface area contributed by atoms with Crippen molar-refractivity contribution in [3.63, 3.8) is 0 Å². The van der Waals surface area contributed by atoms with E-state index in [1.165, 1.54) is 5.57 Å². The number of rotatable bonds is 3. The van der Waals surface area contributed by atoms with Crippen LogP contribution in [-0.2, 0) is 0 Å².